The number of nitrogens with two attached hydrogens (primary N) is 2. The first kappa shape index (κ1) is 34.7. The van der Waals surface area contributed by atoms with Gasteiger partial charge in [0, 0.05) is 10.8 Å². The number of phenols is 1. The summed E-state index contributed by atoms with van der Waals surface area (Å²) in [6.07, 6.45) is 0. The van der Waals surface area contributed by atoms with Crippen molar-refractivity contribution < 1.29 is 46.0 Å². The summed E-state index contributed by atoms with van der Waals surface area (Å²) in [6.45, 7) is -0.214. The fourth-order valence-corrected chi connectivity index (χ4v) is 4.90. The topological polar surface area (TPSA) is 193 Å². The molecular weight excluding hydrogens is 736 g/mol. The minimum atomic E-state index is -1.33. The zero-order chi connectivity index (χ0) is 34.1. The van der Waals surface area contributed by atoms with Gasteiger partial charge in [0.15, 0.2) is 35.6 Å². The van der Waals surface area contributed by atoms with E-state index in [-0.39, 0.29) is 18.2 Å². The molecule has 2 amide bonds. The van der Waals surface area contributed by atoms with Crippen molar-refractivity contribution in [2.75, 3.05) is 0 Å². The van der Waals surface area contributed by atoms with Gasteiger partial charge in [-0.15, -0.1) is 0 Å². The van der Waals surface area contributed by atoms with Crippen molar-refractivity contribution in [2.24, 2.45) is 11.5 Å². The van der Waals surface area contributed by atoms with Crippen LogP contribution in [0.3, 0.4) is 0 Å². The van der Waals surface area contributed by atoms with E-state index in [9.17, 15) is 27.2 Å². The molecule has 12 nitrogen and oxygen atoms in total. The smallest absolute Gasteiger partial charge is 0.258 e. The van der Waals surface area contributed by atoms with E-state index in [1.165, 1.54) is 11.3 Å². The number of alkyl halides is 1. The Morgan fingerprint density at radius 3 is 1.77 bits per heavy atom. The summed E-state index contributed by atoms with van der Waals surface area (Å²) in [5.74, 6) is -6.49. The van der Waals surface area contributed by atoms with Gasteiger partial charge in [-0.3, -0.25) is 9.59 Å². The number of carbonyl (C=O) groups excluding carboxylic acids is 2. The first-order valence-corrected chi connectivity index (χ1v) is 15.6. The van der Waals surface area contributed by atoms with E-state index in [1.54, 1.807) is 11.3 Å². The number of primary amides is 2. The number of aromatic nitrogens is 4. The van der Waals surface area contributed by atoms with Crippen LogP contribution in [0.1, 0.15) is 32.4 Å². The molecule has 6 rings (SSSR count). The maximum absolute atomic E-state index is 14.0. The molecule has 0 saturated carbocycles. The highest BCUT2D eigenvalue weighted by atomic mass is 79.9. The third-order valence-electron chi connectivity index (χ3n) is 5.57. The van der Waals surface area contributed by atoms with Gasteiger partial charge in [0.05, 0.1) is 16.5 Å². The molecule has 4 heterocycles. The number of thiophene rings is 2. The molecule has 2 aromatic carbocycles. The zero-order valence-corrected chi connectivity index (χ0v) is 26.5. The SMILES string of the molecule is BrCc1noc(-c2ccsc2)n1.NC(=O)c1c(F)ccc(O)c1F.NC(=O)c1c(F)ccc(OCc2noc(-c3ccsc3)n2)c1F. The quantitative estimate of drug-likeness (QED) is 0.119. The second-order valence-corrected chi connectivity index (χ2v) is 10.8. The van der Waals surface area contributed by atoms with Gasteiger partial charge < -0.3 is 30.4 Å². The molecule has 47 heavy (non-hydrogen) atoms. The first-order chi connectivity index (χ1) is 22.5. The molecule has 19 heteroatoms. The summed E-state index contributed by atoms with van der Waals surface area (Å²) in [4.78, 5) is 29.7. The third kappa shape index (κ3) is 8.77. The van der Waals surface area contributed by atoms with Gasteiger partial charge in [0.1, 0.15) is 22.8 Å². The summed E-state index contributed by atoms with van der Waals surface area (Å²) in [5, 5.41) is 24.5. The molecule has 0 bridgehead atoms. The average molecular weight is 756 g/mol. The van der Waals surface area contributed by atoms with E-state index in [1.807, 2.05) is 33.7 Å². The lowest BCUT2D eigenvalue weighted by Gasteiger charge is -2.07. The van der Waals surface area contributed by atoms with Crippen molar-refractivity contribution in [3.8, 4) is 34.4 Å². The lowest BCUT2D eigenvalue weighted by atomic mass is 10.1. The Morgan fingerprint density at radius 1 is 0.787 bits per heavy atom. The maximum atomic E-state index is 14.0. The third-order valence-corrected chi connectivity index (χ3v) is 7.44. The molecule has 0 unspecified atom stereocenters. The van der Waals surface area contributed by atoms with Gasteiger partial charge in [0.25, 0.3) is 23.6 Å². The molecular formula is C28H19BrF4N6O6S2. The number of benzene rings is 2. The van der Waals surface area contributed by atoms with Crippen molar-refractivity contribution in [1.29, 1.82) is 0 Å². The molecule has 0 aliphatic carbocycles. The normalized spacial score (nSPS) is 10.4. The van der Waals surface area contributed by atoms with Crippen LogP contribution in [0.2, 0.25) is 0 Å². The largest absolute Gasteiger partial charge is 0.505 e. The highest BCUT2D eigenvalue weighted by Crippen LogP contribution is 2.25. The summed E-state index contributed by atoms with van der Waals surface area (Å²) >= 11 is 6.34. The Balaban J connectivity index is 0.000000176. The van der Waals surface area contributed by atoms with Gasteiger partial charge in [-0.1, -0.05) is 26.2 Å². The molecule has 5 N–H and O–H groups in total. The summed E-state index contributed by atoms with van der Waals surface area (Å²) in [7, 11) is 0. The summed E-state index contributed by atoms with van der Waals surface area (Å²) < 4.78 is 67.9. The summed E-state index contributed by atoms with van der Waals surface area (Å²) in [6, 6.07) is 7.27. The molecule has 244 valence electrons. The number of hydrogen-bond acceptors (Lipinski definition) is 12. The number of carbonyl (C=O) groups is 2. The number of aromatic hydroxyl groups is 1. The Morgan fingerprint density at radius 2 is 1.30 bits per heavy atom. The van der Waals surface area contributed by atoms with E-state index < -0.39 is 52.0 Å². The van der Waals surface area contributed by atoms with E-state index in [2.05, 4.69) is 41.9 Å². The van der Waals surface area contributed by atoms with Crippen LogP contribution in [0.4, 0.5) is 17.6 Å². The number of amides is 2. The molecule has 0 aliphatic heterocycles. The second kappa shape index (κ2) is 15.9. The highest BCUT2D eigenvalue weighted by Gasteiger charge is 2.20. The lowest BCUT2D eigenvalue weighted by molar-refractivity contribution is 0.0982. The Labute approximate surface area is 277 Å². The van der Waals surface area contributed by atoms with Crippen LogP contribution in [0.5, 0.6) is 11.5 Å². The van der Waals surface area contributed by atoms with Gasteiger partial charge in [-0.25, -0.2) is 17.6 Å². The molecule has 0 saturated heterocycles. The number of rotatable bonds is 8. The Hall–Kier alpha value is -5.14. The number of phenolic OH excluding ortho intramolecular Hbond substituents is 1. The molecule has 0 radical (unpaired) electrons. The first-order valence-electron chi connectivity index (χ1n) is 12.6. The van der Waals surface area contributed by atoms with Crippen molar-refractivity contribution >= 4 is 50.4 Å². The minimum Gasteiger partial charge on any atom is -0.505 e. The van der Waals surface area contributed by atoms with Crippen molar-refractivity contribution in [1.82, 2.24) is 20.3 Å². The van der Waals surface area contributed by atoms with Crippen molar-refractivity contribution in [3.05, 3.63) is 104 Å². The fourth-order valence-electron chi connectivity index (χ4n) is 3.41. The van der Waals surface area contributed by atoms with Crippen LogP contribution in [0.15, 0.2) is 67.0 Å². The van der Waals surface area contributed by atoms with Crippen LogP contribution >= 0.6 is 38.6 Å². The number of halogens is 5. The predicted octanol–water partition coefficient (Wildman–Crippen LogP) is 6.22. The molecule has 0 aliphatic rings. The molecule has 6 aromatic rings. The van der Waals surface area contributed by atoms with Crippen LogP contribution in [0.25, 0.3) is 22.9 Å². The highest BCUT2D eigenvalue weighted by molar-refractivity contribution is 9.08. The van der Waals surface area contributed by atoms with Gasteiger partial charge >= 0.3 is 0 Å². The maximum Gasteiger partial charge on any atom is 0.258 e. The molecule has 0 fully saturated rings. The van der Waals surface area contributed by atoms with E-state index in [0.717, 1.165) is 35.4 Å². The van der Waals surface area contributed by atoms with E-state index in [0.29, 0.717) is 22.9 Å². The van der Waals surface area contributed by atoms with Crippen LogP contribution < -0.4 is 16.2 Å². The Kier molecular flexibility index (Phi) is 11.8. The zero-order valence-electron chi connectivity index (χ0n) is 23.3. The fraction of sp³-hybridized carbons (Fsp3) is 0.0714. The summed E-state index contributed by atoms with van der Waals surface area (Å²) in [5.41, 5.74) is 9.56. The number of ether oxygens (including phenoxy) is 1. The molecule has 4 aromatic heterocycles. The van der Waals surface area contributed by atoms with Crippen LogP contribution in [-0.2, 0) is 11.9 Å². The van der Waals surface area contributed by atoms with Crippen LogP contribution in [0, 0.1) is 23.3 Å². The lowest BCUT2D eigenvalue weighted by Crippen LogP contribution is -2.16. The monoisotopic (exact) mass is 754 g/mol. The van der Waals surface area contributed by atoms with Crippen molar-refractivity contribution in [3.63, 3.8) is 0 Å². The van der Waals surface area contributed by atoms with Gasteiger partial charge in [-0.2, -0.15) is 32.6 Å². The van der Waals surface area contributed by atoms with Gasteiger partial charge in [-0.05, 0) is 47.2 Å². The average Bonchev–Trinajstić information content (AvgIpc) is 3.86. The Bertz CT molecular complexity index is 1970. The molecule has 0 atom stereocenters. The van der Waals surface area contributed by atoms with Crippen molar-refractivity contribution in [2.45, 2.75) is 11.9 Å². The van der Waals surface area contributed by atoms with Crippen LogP contribution in [-0.4, -0.2) is 37.2 Å². The standard InChI is InChI=1S/C14H9F2N3O3S.C7H5BrN2OS.C7H5F2NO2/c15-8-1-2-9(12(16)11(8)13(17)20)21-5-10-18-14(22-19-10)7-3-4-23-6-7;8-3-6-9-7(11-10-6)5-1-2-12-4-5;8-3-1-2-4(11)6(9)5(3)7(10)12/h1-4,6H,5H2,(H2,17,20);1-2,4H,3H2;1-2,11H,(H2,10,12). The predicted molar refractivity (Wildman–Crippen MR) is 164 cm³/mol. The molecule has 0 spiro atoms. The van der Waals surface area contributed by atoms with E-state index in [4.69, 9.17) is 24.6 Å². The van der Waals surface area contributed by atoms with Gasteiger partial charge in [0.2, 0.25) is 5.82 Å². The number of nitrogens with zero attached hydrogens (tertiary/aromatic N) is 4. The number of hydrogen-bond donors (Lipinski definition) is 3. The second-order valence-electron chi connectivity index (χ2n) is 8.70. The minimum absolute atomic E-state index is 0.176. The van der Waals surface area contributed by atoms with E-state index >= 15 is 0 Å².